The molecule has 24 heavy (non-hydrogen) atoms. The SMILES string of the molecule is COC(=O)c1nnn(C(C)C)c1-c1ccc(-c2ccccc2)cc1. The van der Waals surface area contributed by atoms with Crippen molar-refractivity contribution in [3.63, 3.8) is 0 Å². The van der Waals surface area contributed by atoms with E-state index in [1.165, 1.54) is 7.11 Å². The van der Waals surface area contributed by atoms with Crippen LogP contribution < -0.4 is 0 Å². The number of hydrogen-bond acceptors (Lipinski definition) is 4. The van der Waals surface area contributed by atoms with Crippen molar-refractivity contribution in [2.75, 3.05) is 7.11 Å². The number of nitrogens with zero attached hydrogens (tertiary/aromatic N) is 3. The molecular formula is C19H19N3O2. The van der Waals surface area contributed by atoms with Crippen LogP contribution in [-0.2, 0) is 4.74 Å². The van der Waals surface area contributed by atoms with E-state index in [1.807, 2.05) is 56.3 Å². The molecule has 0 saturated heterocycles. The van der Waals surface area contributed by atoms with Gasteiger partial charge in [0.15, 0.2) is 5.69 Å². The van der Waals surface area contributed by atoms with Gasteiger partial charge in [-0.25, -0.2) is 9.48 Å². The van der Waals surface area contributed by atoms with Gasteiger partial charge < -0.3 is 4.74 Å². The van der Waals surface area contributed by atoms with Crippen molar-refractivity contribution in [2.45, 2.75) is 19.9 Å². The Kier molecular flexibility index (Phi) is 4.42. The molecule has 5 heteroatoms. The molecule has 1 aromatic heterocycles. The second kappa shape index (κ2) is 6.66. The van der Waals surface area contributed by atoms with Crippen LogP contribution in [0.2, 0.25) is 0 Å². The zero-order valence-corrected chi connectivity index (χ0v) is 13.9. The van der Waals surface area contributed by atoms with Gasteiger partial charge in [0.05, 0.1) is 7.11 Å². The first-order valence-corrected chi connectivity index (χ1v) is 7.81. The molecule has 0 aliphatic heterocycles. The summed E-state index contributed by atoms with van der Waals surface area (Å²) in [5.41, 5.74) is 4.05. The second-order valence-electron chi connectivity index (χ2n) is 5.76. The minimum Gasteiger partial charge on any atom is -0.464 e. The van der Waals surface area contributed by atoms with Crippen molar-refractivity contribution in [2.24, 2.45) is 0 Å². The Morgan fingerprint density at radius 2 is 1.54 bits per heavy atom. The largest absolute Gasteiger partial charge is 0.464 e. The van der Waals surface area contributed by atoms with Gasteiger partial charge in [0.25, 0.3) is 0 Å². The van der Waals surface area contributed by atoms with Crippen LogP contribution in [0.4, 0.5) is 0 Å². The van der Waals surface area contributed by atoms with Crippen molar-refractivity contribution in [3.8, 4) is 22.4 Å². The Bertz CT molecular complexity index is 837. The third kappa shape index (κ3) is 2.93. The molecule has 5 nitrogen and oxygen atoms in total. The number of benzene rings is 2. The molecule has 0 N–H and O–H groups in total. The molecule has 0 saturated carbocycles. The summed E-state index contributed by atoms with van der Waals surface area (Å²) < 4.78 is 6.57. The lowest BCUT2D eigenvalue weighted by atomic mass is 10.0. The van der Waals surface area contributed by atoms with Crippen LogP contribution >= 0.6 is 0 Å². The van der Waals surface area contributed by atoms with Crippen molar-refractivity contribution in [3.05, 3.63) is 60.3 Å². The Morgan fingerprint density at radius 1 is 0.958 bits per heavy atom. The standard InChI is InChI=1S/C19H19N3O2/c1-13(2)22-18(17(20-21-22)19(23)24-3)16-11-9-15(10-12-16)14-7-5-4-6-8-14/h4-13H,1-3H3. The summed E-state index contributed by atoms with van der Waals surface area (Å²) in [6.45, 7) is 4.00. The average molecular weight is 321 g/mol. The number of esters is 1. The highest BCUT2D eigenvalue weighted by Gasteiger charge is 2.23. The van der Waals surface area contributed by atoms with E-state index < -0.39 is 5.97 Å². The lowest BCUT2D eigenvalue weighted by Gasteiger charge is -2.11. The van der Waals surface area contributed by atoms with E-state index in [-0.39, 0.29) is 11.7 Å². The Morgan fingerprint density at radius 3 is 2.12 bits per heavy atom. The first-order chi connectivity index (χ1) is 11.6. The van der Waals surface area contributed by atoms with Crippen molar-refractivity contribution >= 4 is 5.97 Å². The molecule has 0 amide bonds. The highest BCUT2D eigenvalue weighted by molar-refractivity contribution is 5.94. The zero-order chi connectivity index (χ0) is 17.1. The molecule has 0 bridgehead atoms. The van der Waals surface area contributed by atoms with E-state index in [1.54, 1.807) is 4.68 Å². The summed E-state index contributed by atoms with van der Waals surface area (Å²) in [4.78, 5) is 12.0. The number of ether oxygens (including phenoxy) is 1. The van der Waals surface area contributed by atoms with E-state index in [0.29, 0.717) is 5.69 Å². The number of hydrogen-bond donors (Lipinski definition) is 0. The van der Waals surface area contributed by atoms with E-state index in [9.17, 15) is 4.79 Å². The van der Waals surface area contributed by atoms with Crippen LogP contribution in [0, 0.1) is 0 Å². The van der Waals surface area contributed by atoms with Crippen LogP contribution in [0.5, 0.6) is 0 Å². The van der Waals surface area contributed by atoms with Crippen LogP contribution in [0.1, 0.15) is 30.4 Å². The average Bonchev–Trinajstić information content (AvgIpc) is 3.07. The molecule has 0 radical (unpaired) electrons. The van der Waals surface area contributed by atoms with Gasteiger partial charge in [-0.05, 0) is 25.0 Å². The molecule has 0 aliphatic carbocycles. The molecule has 0 fully saturated rings. The lowest BCUT2D eigenvalue weighted by molar-refractivity contribution is 0.0595. The number of carbonyl (C=O) groups is 1. The fraction of sp³-hybridized carbons (Fsp3) is 0.211. The van der Waals surface area contributed by atoms with Crippen molar-refractivity contribution < 1.29 is 9.53 Å². The van der Waals surface area contributed by atoms with Crippen molar-refractivity contribution in [1.29, 1.82) is 0 Å². The summed E-state index contributed by atoms with van der Waals surface area (Å²) in [5, 5.41) is 8.11. The molecule has 1 heterocycles. The van der Waals surface area contributed by atoms with Gasteiger partial charge in [0.2, 0.25) is 0 Å². The first kappa shape index (κ1) is 15.9. The number of carbonyl (C=O) groups excluding carboxylic acids is 1. The second-order valence-corrected chi connectivity index (χ2v) is 5.76. The highest BCUT2D eigenvalue weighted by atomic mass is 16.5. The van der Waals surface area contributed by atoms with Crippen LogP contribution in [-0.4, -0.2) is 28.1 Å². The van der Waals surface area contributed by atoms with Gasteiger partial charge in [0, 0.05) is 11.6 Å². The molecular weight excluding hydrogens is 302 g/mol. The molecule has 2 aromatic carbocycles. The fourth-order valence-corrected chi connectivity index (χ4v) is 2.61. The topological polar surface area (TPSA) is 57.0 Å². The first-order valence-electron chi connectivity index (χ1n) is 7.81. The predicted molar refractivity (Wildman–Crippen MR) is 92.6 cm³/mol. The molecule has 3 aromatic rings. The molecule has 0 aliphatic rings. The van der Waals surface area contributed by atoms with Crippen LogP contribution in [0.25, 0.3) is 22.4 Å². The van der Waals surface area contributed by atoms with Gasteiger partial charge in [0.1, 0.15) is 5.69 Å². The van der Waals surface area contributed by atoms with Gasteiger partial charge >= 0.3 is 5.97 Å². The maximum Gasteiger partial charge on any atom is 0.360 e. The smallest absolute Gasteiger partial charge is 0.360 e. The summed E-state index contributed by atoms with van der Waals surface area (Å²) in [6, 6.07) is 18.2. The zero-order valence-electron chi connectivity index (χ0n) is 13.9. The molecule has 122 valence electrons. The summed E-state index contributed by atoms with van der Waals surface area (Å²) in [6.07, 6.45) is 0. The van der Waals surface area contributed by atoms with E-state index in [0.717, 1.165) is 16.7 Å². The Labute approximate surface area is 140 Å². The third-order valence-corrected chi connectivity index (χ3v) is 3.83. The van der Waals surface area contributed by atoms with E-state index in [4.69, 9.17) is 4.74 Å². The van der Waals surface area contributed by atoms with Gasteiger partial charge in [-0.1, -0.05) is 59.8 Å². The maximum atomic E-state index is 12.0. The normalized spacial score (nSPS) is 10.8. The van der Waals surface area contributed by atoms with Gasteiger partial charge in [-0.2, -0.15) is 0 Å². The quantitative estimate of drug-likeness (QED) is 0.682. The minimum atomic E-state index is -0.482. The van der Waals surface area contributed by atoms with Gasteiger partial charge in [-0.3, -0.25) is 0 Å². The molecule has 3 rings (SSSR count). The maximum absolute atomic E-state index is 12.0. The summed E-state index contributed by atoms with van der Waals surface area (Å²) in [5.74, 6) is -0.482. The summed E-state index contributed by atoms with van der Waals surface area (Å²) >= 11 is 0. The molecule has 0 atom stereocenters. The Hall–Kier alpha value is -2.95. The lowest BCUT2D eigenvalue weighted by Crippen LogP contribution is -2.08. The van der Waals surface area contributed by atoms with Gasteiger partial charge in [-0.15, -0.1) is 5.10 Å². The molecule has 0 unspecified atom stereocenters. The highest BCUT2D eigenvalue weighted by Crippen LogP contribution is 2.28. The summed E-state index contributed by atoms with van der Waals surface area (Å²) in [7, 11) is 1.35. The third-order valence-electron chi connectivity index (χ3n) is 3.83. The monoisotopic (exact) mass is 321 g/mol. The predicted octanol–water partition coefficient (Wildman–Crippen LogP) is 3.98. The Balaban J connectivity index is 2.06. The van der Waals surface area contributed by atoms with E-state index >= 15 is 0 Å². The number of methoxy groups -OCH3 is 1. The molecule has 0 spiro atoms. The van der Waals surface area contributed by atoms with Crippen LogP contribution in [0.15, 0.2) is 54.6 Å². The van der Waals surface area contributed by atoms with Crippen LogP contribution in [0.3, 0.4) is 0 Å². The fourth-order valence-electron chi connectivity index (χ4n) is 2.61. The number of aromatic nitrogens is 3. The minimum absolute atomic E-state index is 0.0831. The van der Waals surface area contributed by atoms with E-state index in [2.05, 4.69) is 22.4 Å². The van der Waals surface area contributed by atoms with Crippen molar-refractivity contribution in [1.82, 2.24) is 15.0 Å². The number of rotatable bonds is 4.